The third kappa shape index (κ3) is 3.29. The molecule has 1 saturated heterocycles. The third-order valence-electron chi connectivity index (χ3n) is 4.28. The summed E-state index contributed by atoms with van der Waals surface area (Å²) in [5.41, 5.74) is 3.49. The van der Waals surface area contributed by atoms with Gasteiger partial charge in [-0.3, -0.25) is 0 Å². The van der Waals surface area contributed by atoms with Gasteiger partial charge in [0, 0.05) is 18.7 Å². The molecule has 0 saturated carbocycles. The number of aromatic hydroxyl groups is 1. The standard InChI is InChI=1S/C18H23N3O2/c1-4-14-11-21(7-8-23-14)17-6-5-15(19-20-17)18-13(3)9-12(2)10-16(18)22/h5-6,9-10,14,22H,4,7-8,11H2,1-3H3. The fourth-order valence-electron chi connectivity index (χ4n) is 3.08. The lowest BCUT2D eigenvalue weighted by Crippen LogP contribution is -2.42. The Bertz CT molecular complexity index is 662. The number of ether oxygens (including phenoxy) is 1. The Morgan fingerprint density at radius 2 is 2.09 bits per heavy atom. The first kappa shape index (κ1) is 15.7. The van der Waals surface area contributed by atoms with E-state index in [2.05, 4.69) is 22.0 Å². The van der Waals surface area contributed by atoms with E-state index >= 15 is 0 Å². The largest absolute Gasteiger partial charge is 0.507 e. The van der Waals surface area contributed by atoms with Gasteiger partial charge in [-0.15, -0.1) is 10.2 Å². The van der Waals surface area contributed by atoms with E-state index in [1.54, 1.807) is 6.07 Å². The number of rotatable bonds is 3. The number of nitrogens with zero attached hydrogens (tertiary/aromatic N) is 3. The Balaban J connectivity index is 1.85. The van der Waals surface area contributed by atoms with Crippen molar-refractivity contribution in [2.45, 2.75) is 33.3 Å². The van der Waals surface area contributed by atoms with E-state index in [1.807, 2.05) is 32.0 Å². The molecule has 122 valence electrons. The van der Waals surface area contributed by atoms with Crippen LogP contribution in [-0.4, -0.2) is 41.1 Å². The lowest BCUT2D eigenvalue weighted by atomic mass is 10.0. The molecule has 3 rings (SSSR count). The minimum absolute atomic E-state index is 0.252. The van der Waals surface area contributed by atoms with Gasteiger partial charge in [0.1, 0.15) is 5.75 Å². The number of anilines is 1. The van der Waals surface area contributed by atoms with E-state index in [9.17, 15) is 5.11 Å². The van der Waals surface area contributed by atoms with Crippen molar-refractivity contribution in [3.05, 3.63) is 35.4 Å². The second kappa shape index (κ2) is 6.54. The first-order valence-electron chi connectivity index (χ1n) is 8.09. The van der Waals surface area contributed by atoms with Crippen LogP contribution in [0, 0.1) is 13.8 Å². The Morgan fingerprint density at radius 3 is 2.74 bits per heavy atom. The summed E-state index contributed by atoms with van der Waals surface area (Å²) in [6.45, 7) is 8.48. The molecule has 2 heterocycles. The smallest absolute Gasteiger partial charge is 0.151 e. The van der Waals surface area contributed by atoms with Crippen LogP contribution in [-0.2, 0) is 4.74 Å². The molecule has 1 aliphatic rings. The maximum absolute atomic E-state index is 10.2. The molecule has 0 spiro atoms. The SMILES string of the molecule is CCC1CN(c2ccc(-c3c(C)cc(C)cc3O)nn2)CCO1. The molecule has 0 bridgehead atoms. The number of phenolic OH excluding ortho intramolecular Hbond substituents is 1. The van der Waals surface area contributed by atoms with Gasteiger partial charge in [0.05, 0.1) is 18.4 Å². The van der Waals surface area contributed by atoms with Gasteiger partial charge in [-0.25, -0.2) is 0 Å². The van der Waals surface area contributed by atoms with Crippen molar-refractivity contribution in [1.82, 2.24) is 10.2 Å². The lowest BCUT2D eigenvalue weighted by molar-refractivity contribution is 0.0381. The van der Waals surface area contributed by atoms with Crippen molar-refractivity contribution in [2.24, 2.45) is 0 Å². The number of benzene rings is 1. The van der Waals surface area contributed by atoms with E-state index in [0.29, 0.717) is 5.69 Å². The molecule has 1 N–H and O–H groups in total. The first-order valence-corrected chi connectivity index (χ1v) is 8.09. The molecule has 23 heavy (non-hydrogen) atoms. The minimum atomic E-state index is 0.252. The van der Waals surface area contributed by atoms with Gasteiger partial charge in [0.15, 0.2) is 5.82 Å². The first-order chi connectivity index (χ1) is 11.1. The van der Waals surface area contributed by atoms with Crippen LogP contribution in [0.2, 0.25) is 0 Å². The van der Waals surface area contributed by atoms with Gasteiger partial charge in [-0.2, -0.15) is 0 Å². The summed E-state index contributed by atoms with van der Waals surface area (Å²) >= 11 is 0. The molecule has 1 unspecified atom stereocenters. The van der Waals surface area contributed by atoms with Crippen molar-refractivity contribution in [1.29, 1.82) is 0 Å². The van der Waals surface area contributed by atoms with Crippen LogP contribution in [0.1, 0.15) is 24.5 Å². The second-order valence-electron chi connectivity index (χ2n) is 6.10. The molecule has 1 aromatic carbocycles. The summed E-state index contributed by atoms with van der Waals surface area (Å²) < 4.78 is 5.69. The predicted octanol–water partition coefficient (Wildman–Crippen LogP) is 3.08. The Labute approximate surface area is 136 Å². The van der Waals surface area contributed by atoms with Crippen LogP contribution >= 0.6 is 0 Å². The molecule has 1 fully saturated rings. The van der Waals surface area contributed by atoms with Crippen molar-refractivity contribution in [3.63, 3.8) is 0 Å². The Morgan fingerprint density at radius 1 is 1.26 bits per heavy atom. The third-order valence-corrected chi connectivity index (χ3v) is 4.28. The number of phenols is 1. The fraction of sp³-hybridized carbons (Fsp3) is 0.444. The van der Waals surface area contributed by atoms with Crippen LogP contribution in [0.4, 0.5) is 5.82 Å². The van der Waals surface area contributed by atoms with E-state index in [4.69, 9.17) is 4.74 Å². The zero-order chi connectivity index (χ0) is 16.4. The molecule has 2 aromatic rings. The van der Waals surface area contributed by atoms with E-state index in [0.717, 1.165) is 48.6 Å². The van der Waals surface area contributed by atoms with Gasteiger partial charge in [-0.1, -0.05) is 13.0 Å². The van der Waals surface area contributed by atoms with Crippen molar-refractivity contribution in [2.75, 3.05) is 24.6 Å². The maximum Gasteiger partial charge on any atom is 0.151 e. The number of aromatic nitrogens is 2. The van der Waals surface area contributed by atoms with E-state index in [1.165, 1.54) is 0 Å². The molecule has 1 aromatic heterocycles. The summed E-state index contributed by atoms with van der Waals surface area (Å²) in [7, 11) is 0. The molecule has 0 aliphatic carbocycles. The molecule has 1 aliphatic heterocycles. The van der Waals surface area contributed by atoms with Gasteiger partial charge in [0.25, 0.3) is 0 Å². The van der Waals surface area contributed by atoms with Gasteiger partial charge in [-0.05, 0) is 49.6 Å². The number of hydrogen-bond acceptors (Lipinski definition) is 5. The maximum atomic E-state index is 10.2. The zero-order valence-corrected chi connectivity index (χ0v) is 13.9. The number of aryl methyl sites for hydroxylation is 2. The number of morpholine rings is 1. The van der Waals surface area contributed by atoms with Crippen LogP contribution in [0.15, 0.2) is 24.3 Å². The topological polar surface area (TPSA) is 58.5 Å². The summed E-state index contributed by atoms with van der Waals surface area (Å²) in [5, 5.41) is 18.9. The minimum Gasteiger partial charge on any atom is -0.507 e. The highest BCUT2D eigenvalue weighted by atomic mass is 16.5. The van der Waals surface area contributed by atoms with Crippen LogP contribution in [0.25, 0.3) is 11.3 Å². The summed E-state index contributed by atoms with van der Waals surface area (Å²) in [6, 6.07) is 7.69. The molecular formula is C18H23N3O2. The van der Waals surface area contributed by atoms with Crippen molar-refractivity contribution >= 4 is 5.82 Å². The lowest BCUT2D eigenvalue weighted by Gasteiger charge is -2.33. The highest BCUT2D eigenvalue weighted by molar-refractivity contribution is 5.71. The fourth-order valence-corrected chi connectivity index (χ4v) is 3.08. The van der Waals surface area contributed by atoms with Gasteiger partial charge in [0.2, 0.25) is 0 Å². The summed E-state index contributed by atoms with van der Waals surface area (Å²) in [4.78, 5) is 2.20. The predicted molar refractivity (Wildman–Crippen MR) is 90.9 cm³/mol. The van der Waals surface area contributed by atoms with Crippen molar-refractivity contribution < 1.29 is 9.84 Å². The molecule has 0 amide bonds. The molecule has 1 atom stereocenters. The second-order valence-corrected chi connectivity index (χ2v) is 6.10. The highest BCUT2D eigenvalue weighted by Gasteiger charge is 2.20. The van der Waals surface area contributed by atoms with Crippen LogP contribution < -0.4 is 4.90 Å². The van der Waals surface area contributed by atoms with Gasteiger partial charge < -0.3 is 14.7 Å². The highest BCUT2D eigenvalue weighted by Crippen LogP contribution is 2.32. The molecule has 5 nitrogen and oxygen atoms in total. The number of hydrogen-bond donors (Lipinski definition) is 1. The average Bonchev–Trinajstić information content (AvgIpc) is 2.54. The molecule has 5 heteroatoms. The van der Waals surface area contributed by atoms with Gasteiger partial charge >= 0.3 is 0 Å². The van der Waals surface area contributed by atoms with E-state index < -0.39 is 0 Å². The van der Waals surface area contributed by atoms with E-state index in [-0.39, 0.29) is 11.9 Å². The average molecular weight is 313 g/mol. The summed E-state index contributed by atoms with van der Waals surface area (Å²) in [6.07, 6.45) is 1.26. The molecular weight excluding hydrogens is 290 g/mol. The van der Waals surface area contributed by atoms with Crippen LogP contribution in [0.3, 0.4) is 0 Å². The Kier molecular flexibility index (Phi) is 4.48. The molecule has 0 radical (unpaired) electrons. The summed E-state index contributed by atoms with van der Waals surface area (Å²) in [5.74, 6) is 1.11. The van der Waals surface area contributed by atoms with Crippen LogP contribution in [0.5, 0.6) is 5.75 Å². The van der Waals surface area contributed by atoms with Crippen molar-refractivity contribution in [3.8, 4) is 17.0 Å². The zero-order valence-electron chi connectivity index (χ0n) is 13.9. The quantitative estimate of drug-likeness (QED) is 0.943. The normalized spacial score (nSPS) is 18.2. The monoisotopic (exact) mass is 313 g/mol. The Hall–Kier alpha value is -2.14.